The quantitative estimate of drug-likeness (QED) is 0.651. The first-order valence-electron chi connectivity index (χ1n) is 6.19. The molecule has 2 amide bonds. The lowest BCUT2D eigenvalue weighted by atomic mass is 10.0. The van der Waals surface area contributed by atoms with Crippen molar-refractivity contribution in [2.75, 3.05) is 7.05 Å². The van der Waals surface area contributed by atoms with Crippen LogP contribution in [0.3, 0.4) is 0 Å². The van der Waals surface area contributed by atoms with Crippen LogP contribution in [0.25, 0.3) is 11.0 Å². The van der Waals surface area contributed by atoms with Crippen molar-refractivity contribution >= 4 is 46.7 Å². The molecule has 1 saturated heterocycles. The van der Waals surface area contributed by atoms with Crippen molar-refractivity contribution in [2.24, 2.45) is 0 Å². The lowest BCUT2D eigenvalue weighted by Gasteiger charge is -2.28. The van der Waals surface area contributed by atoms with Gasteiger partial charge >= 0.3 is 0 Å². The molecule has 104 valence electrons. The Hall–Kier alpha value is -1.66. The van der Waals surface area contributed by atoms with Crippen molar-refractivity contribution in [3.8, 4) is 0 Å². The Labute approximate surface area is 125 Å². The van der Waals surface area contributed by atoms with Gasteiger partial charge in [0.1, 0.15) is 6.04 Å². The Morgan fingerprint density at radius 3 is 2.90 bits per heavy atom. The van der Waals surface area contributed by atoms with Gasteiger partial charge in [-0.1, -0.05) is 11.6 Å². The number of hydrogen-bond donors (Lipinski definition) is 1. The van der Waals surface area contributed by atoms with Gasteiger partial charge in [0.05, 0.1) is 11.0 Å². The SMILES string of the molecule is CN1C(=O)CCC(n2c(=S)[nH]c3cc(Cl)ccc32)C1=O. The van der Waals surface area contributed by atoms with E-state index >= 15 is 0 Å². The summed E-state index contributed by atoms with van der Waals surface area (Å²) in [6.45, 7) is 0. The van der Waals surface area contributed by atoms with Gasteiger partial charge in [-0.15, -0.1) is 0 Å². The summed E-state index contributed by atoms with van der Waals surface area (Å²) in [4.78, 5) is 28.1. The molecule has 1 aliphatic heterocycles. The van der Waals surface area contributed by atoms with Crippen molar-refractivity contribution in [2.45, 2.75) is 18.9 Å². The van der Waals surface area contributed by atoms with Crippen LogP contribution in [-0.2, 0) is 9.59 Å². The Kier molecular flexibility index (Phi) is 3.14. The van der Waals surface area contributed by atoms with Crippen LogP contribution < -0.4 is 0 Å². The monoisotopic (exact) mass is 309 g/mol. The molecule has 20 heavy (non-hydrogen) atoms. The Balaban J connectivity index is 2.15. The third-order valence-electron chi connectivity index (χ3n) is 3.61. The largest absolute Gasteiger partial charge is 0.331 e. The number of likely N-dealkylation sites (tertiary alicyclic amines) is 1. The Bertz CT molecular complexity index is 780. The van der Waals surface area contributed by atoms with E-state index in [1.54, 1.807) is 16.7 Å². The number of piperidine rings is 1. The van der Waals surface area contributed by atoms with Gasteiger partial charge in [-0.2, -0.15) is 0 Å². The number of fused-ring (bicyclic) bond motifs is 1. The number of benzene rings is 1. The number of aromatic nitrogens is 2. The van der Waals surface area contributed by atoms with E-state index < -0.39 is 6.04 Å². The summed E-state index contributed by atoms with van der Waals surface area (Å²) >= 11 is 11.3. The van der Waals surface area contributed by atoms with Crippen molar-refractivity contribution in [3.63, 3.8) is 0 Å². The van der Waals surface area contributed by atoms with Crippen molar-refractivity contribution < 1.29 is 9.59 Å². The zero-order valence-electron chi connectivity index (χ0n) is 10.7. The van der Waals surface area contributed by atoms with E-state index in [2.05, 4.69) is 4.98 Å². The first-order chi connectivity index (χ1) is 9.49. The number of carbonyl (C=O) groups is 2. The number of halogens is 1. The molecule has 0 saturated carbocycles. The second kappa shape index (κ2) is 4.71. The second-order valence-electron chi connectivity index (χ2n) is 4.81. The highest BCUT2D eigenvalue weighted by Crippen LogP contribution is 2.28. The lowest BCUT2D eigenvalue weighted by molar-refractivity contribution is -0.149. The number of carbonyl (C=O) groups excluding carboxylic acids is 2. The minimum Gasteiger partial charge on any atom is -0.331 e. The molecule has 2 aromatic rings. The van der Waals surface area contributed by atoms with Crippen LogP contribution >= 0.6 is 23.8 Å². The summed E-state index contributed by atoms with van der Waals surface area (Å²) in [6, 6.07) is 4.91. The van der Waals surface area contributed by atoms with E-state index in [0.717, 1.165) is 11.0 Å². The smallest absolute Gasteiger partial charge is 0.252 e. The highest BCUT2D eigenvalue weighted by atomic mass is 35.5. The number of amides is 2. The molecule has 1 aliphatic rings. The molecule has 1 aromatic carbocycles. The summed E-state index contributed by atoms with van der Waals surface area (Å²) in [5.74, 6) is -0.381. The van der Waals surface area contributed by atoms with E-state index in [4.69, 9.17) is 23.8 Å². The van der Waals surface area contributed by atoms with Crippen LogP contribution in [0, 0.1) is 4.77 Å². The van der Waals surface area contributed by atoms with Gasteiger partial charge in [0, 0.05) is 18.5 Å². The van der Waals surface area contributed by atoms with E-state index in [9.17, 15) is 9.59 Å². The van der Waals surface area contributed by atoms with Crippen LogP contribution in [0.5, 0.6) is 0 Å². The maximum absolute atomic E-state index is 12.3. The zero-order valence-corrected chi connectivity index (χ0v) is 12.3. The number of hydrogen-bond acceptors (Lipinski definition) is 3. The minimum absolute atomic E-state index is 0.152. The number of nitrogens with one attached hydrogen (secondary N) is 1. The molecule has 7 heteroatoms. The first-order valence-corrected chi connectivity index (χ1v) is 6.98. The topological polar surface area (TPSA) is 58.1 Å². The minimum atomic E-state index is -0.444. The molecule has 5 nitrogen and oxygen atoms in total. The molecule has 0 aliphatic carbocycles. The van der Waals surface area contributed by atoms with Gasteiger partial charge in [-0.25, -0.2) is 0 Å². The predicted molar refractivity (Wildman–Crippen MR) is 78.2 cm³/mol. The van der Waals surface area contributed by atoms with Crippen LogP contribution in [0.2, 0.25) is 5.02 Å². The third-order valence-corrected chi connectivity index (χ3v) is 4.15. The fourth-order valence-electron chi connectivity index (χ4n) is 2.55. The third kappa shape index (κ3) is 1.96. The Morgan fingerprint density at radius 2 is 2.15 bits per heavy atom. The summed E-state index contributed by atoms with van der Waals surface area (Å²) in [5, 5.41) is 0.600. The summed E-state index contributed by atoms with van der Waals surface area (Å²) in [6.07, 6.45) is 0.806. The molecule has 0 spiro atoms. The van der Waals surface area contributed by atoms with Gasteiger partial charge < -0.3 is 9.55 Å². The van der Waals surface area contributed by atoms with Crippen molar-refractivity contribution in [3.05, 3.63) is 28.0 Å². The fourth-order valence-corrected chi connectivity index (χ4v) is 3.06. The number of rotatable bonds is 1. The maximum atomic E-state index is 12.3. The van der Waals surface area contributed by atoms with E-state index in [-0.39, 0.29) is 11.8 Å². The van der Waals surface area contributed by atoms with Crippen molar-refractivity contribution in [1.82, 2.24) is 14.5 Å². The average molecular weight is 310 g/mol. The lowest BCUT2D eigenvalue weighted by Crippen LogP contribution is -2.43. The molecule has 2 heterocycles. The normalized spacial score (nSPS) is 19.9. The summed E-state index contributed by atoms with van der Waals surface area (Å²) in [7, 11) is 1.51. The van der Waals surface area contributed by atoms with E-state index in [1.807, 2.05) is 6.07 Å². The standard InChI is InChI=1S/C13H12ClN3O2S/c1-16-11(18)5-4-10(12(16)19)17-9-3-2-7(14)6-8(9)15-13(17)20/h2-3,6,10H,4-5H2,1H3,(H,15,20). The molecule has 1 unspecified atom stereocenters. The number of likely N-dealkylation sites (N-methyl/N-ethyl adjacent to an activating group) is 1. The maximum Gasteiger partial charge on any atom is 0.252 e. The van der Waals surface area contributed by atoms with E-state index in [0.29, 0.717) is 22.6 Å². The molecular formula is C13H12ClN3O2S. The van der Waals surface area contributed by atoms with Crippen LogP contribution in [-0.4, -0.2) is 33.3 Å². The molecule has 0 bridgehead atoms. The number of H-pyrrole nitrogens is 1. The van der Waals surface area contributed by atoms with Crippen LogP contribution in [0.15, 0.2) is 18.2 Å². The van der Waals surface area contributed by atoms with Gasteiger partial charge in [0.25, 0.3) is 5.91 Å². The van der Waals surface area contributed by atoms with E-state index in [1.165, 1.54) is 11.9 Å². The van der Waals surface area contributed by atoms with Crippen LogP contribution in [0.4, 0.5) is 0 Å². The summed E-state index contributed by atoms with van der Waals surface area (Å²) < 4.78 is 2.23. The second-order valence-corrected chi connectivity index (χ2v) is 5.63. The average Bonchev–Trinajstić information content (AvgIpc) is 2.72. The summed E-state index contributed by atoms with van der Waals surface area (Å²) in [5.41, 5.74) is 1.61. The van der Waals surface area contributed by atoms with Gasteiger partial charge in [0.15, 0.2) is 4.77 Å². The molecule has 1 N–H and O–H groups in total. The number of nitrogens with zero attached hydrogens (tertiary/aromatic N) is 2. The van der Waals surface area contributed by atoms with Gasteiger partial charge in [-0.05, 0) is 36.8 Å². The highest BCUT2D eigenvalue weighted by Gasteiger charge is 2.34. The van der Waals surface area contributed by atoms with Gasteiger partial charge in [-0.3, -0.25) is 14.5 Å². The molecule has 1 atom stereocenters. The number of imidazole rings is 1. The van der Waals surface area contributed by atoms with Crippen LogP contribution in [0.1, 0.15) is 18.9 Å². The molecule has 0 radical (unpaired) electrons. The Morgan fingerprint density at radius 1 is 1.40 bits per heavy atom. The molecule has 3 rings (SSSR count). The highest BCUT2D eigenvalue weighted by molar-refractivity contribution is 7.71. The molecular weight excluding hydrogens is 298 g/mol. The van der Waals surface area contributed by atoms with Gasteiger partial charge in [0.2, 0.25) is 5.91 Å². The zero-order chi connectivity index (χ0) is 14.4. The van der Waals surface area contributed by atoms with Crippen molar-refractivity contribution in [1.29, 1.82) is 0 Å². The fraction of sp³-hybridized carbons (Fsp3) is 0.308. The first kappa shape index (κ1) is 13.3. The number of aromatic amines is 1. The molecule has 1 fully saturated rings. The number of imide groups is 1. The predicted octanol–water partition coefficient (Wildman–Crippen LogP) is 2.67. The molecule has 1 aromatic heterocycles.